The van der Waals surface area contributed by atoms with Crippen LogP contribution in [0.25, 0.3) is 0 Å². The van der Waals surface area contributed by atoms with Crippen LogP contribution >= 0.6 is 0 Å². The van der Waals surface area contributed by atoms with Gasteiger partial charge in [0.05, 0.1) is 19.3 Å². The first kappa shape index (κ1) is 10.2. The normalized spacial score (nSPS) is 17.9. The predicted octanol–water partition coefficient (Wildman–Crippen LogP) is 2.39. The van der Waals surface area contributed by atoms with E-state index in [9.17, 15) is 0 Å². The summed E-state index contributed by atoms with van der Waals surface area (Å²) in [6.45, 7) is 5.34. The van der Waals surface area contributed by atoms with Crippen molar-refractivity contribution in [2.75, 3.05) is 13.2 Å². The van der Waals surface area contributed by atoms with E-state index in [0.29, 0.717) is 13.2 Å². The predicted molar refractivity (Wildman–Crippen MR) is 58.5 cm³/mol. The molecule has 0 atom stereocenters. The summed E-state index contributed by atoms with van der Waals surface area (Å²) in [4.78, 5) is 0. The molecule has 1 aromatic carbocycles. The van der Waals surface area contributed by atoms with E-state index >= 15 is 0 Å². The molecule has 1 saturated heterocycles. The van der Waals surface area contributed by atoms with Gasteiger partial charge in [0.2, 0.25) is 0 Å². The van der Waals surface area contributed by atoms with E-state index in [2.05, 4.69) is 38.1 Å². The van der Waals surface area contributed by atoms with Gasteiger partial charge >= 0.3 is 0 Å². The van der Waals surface area contributed by atoms with Crippen molar-refractivity contribution in [3.63, 3.8) is 0 Å². The Morgan fingerprint density at radius 2 is 2.13 bits per heavy atom. The van der Waals surface area contributed by atoms with Crippen LogP contribution in [0.15, 0.2) is 18.2 Å². The topological polar surface area (TPSA) is 33.0 Å². The van der Waals surface area contributed by atoms with Crippen LogP contribution in [-0.4, -0.2) is 13.2 Å². The molecule has 1 heterocycles. The summed E-state index contributed by atoms with van der Waals surface area (Å²) in [7, 11) is 0. The van der Waals surface area contributed by atoms with Crippen molar-refractivity contribution in [2.45, 2.75) is 20.3 Å². The first-order valence-corrected chi connectivity index (χ1v) is 5.20. The Morgan fingerprint density at radius 3 is 2.67 bits per heavy atom. The molecule has 2 heteroatoms. The van der Waals surface area contributed by atoms with Crippen LogP contribution in [-0.2, 0) is 11.2 Å². The first-order valence-electron chi connectivity index (χ1n) is 5.20. The second kappa shape index (κ2) is 3.67. The van der Waals surface area contributed by atoms with E-state index in [-0.39, 0.29) is 5.41 Å². The molecule has 1 aliphatic rings. The molecule has 0 unspecified atom stereocenters. The van der Waals surface area contributed by atoms with Gasteiger partial charge in [0.15, 0.2) is 0 Å². The molecular weight excluding hydrogens is 186 g/mol. The Balaban J connectivity index is 2.24. The molecule has 78 valence electrons. The smallest absolute Gasteiger partial charge is 0.108 e. The summed E-state index contributed by atoms with van der Waals surface area (Å²) < 4.78 is 5.15. The molecular formula is C13H15NO. The zero-order chi connectivity index (χ0) is 10.9. The van der Waals surface area contributed by atoms with Crippen molar-refractivity contribution in [1.29, 1.82) is 5.26 Å². The highest BCUT2D eigenvalue weighted by atomic mass is 16.5. The largest absolute Gasteiger partial charge is 0.378 e. The molecule has 0 amide bonds. The van der Waals surface area contributed by atoms with Gasteiger partial charge in [0, 0.05) is 0 Å². The minimum absolute atomic E-state index is 0.265. The molecule has 0 radical (unpaired) electrons. The van der Waals surface area contributed by atoms with Crippen LogP contribution in [0, 0.1) is 30.6 Å². The van der Waals surface area contributed by atoms with Crippen molar-refractivity contribution in [2.24, 2.45) is 5.41 Å². The number of nitrogens with zero attached hydrogens (tertiary/aromatic N) is 1. The summed E-state index contributed by atoms with van der Waals surface area (Å²) in [6.07, 6.45) is 0.816. The number of aryl methyl sites for hydroxylation is 2. The van der Waals surface area contributed by atoms with Gasteiger partial charge < -0.3 is 4.74 Å². The molecule has 1 aromatic rings. The van der Waals surface area contributed by atoms with Crippen LogP contribution in [0.5, 0.6) is 0 Å². The van der Waals surface area contributed by atoms with Crippen LogP contribution < -0.4 is 0 Å². The molecule has 0 bridgehead atoms. The fourth-order valence-electron chi connectivity index (χ4n) is 1.91. The van der Waals surface area contributed by atoms with E-state index in [4.69, 9.17) is 10.00 Å². The number of benzene rings is 1. The third kappa shape index (κ3) is 1.88. The van der Waals surface area contributed by atoms with Crippen LogP contribution in [0.1, 0.15) is 16.7 Å². The zero-order valence-corrected chi connectivity index (χ0v) is 9.21. The van der Waals surface area contributed by atoms with Gasteiger partial charge in [-0.25, -0.2) is 0 Å². The van der Waals surface area contributed by atoms with Crippen LogP contribution in [0.3, 0.4) is 0 Å². The summed E-state index contributed by atoms with van der Waals surface area (Å²) in [5.74, 6) is 0. The fourth-order valence-corrected chi connectivity index (χ4v) is 1.91. The van der Waals surface area contributed by atoms with Gasteiger partial charge in [-0.05, 0) is 31.4 Å². The van der Waals surface area contributed by atoms with E-state index in [1.807, 2.05) is 0 Å². The maximum absolute atomic E-state index is 9.13. The molecule has 0 spiro atoms. The van der Waals surface area contributed by atoms with Crippen molar-refractivity contribution in [1.82, 2.24) is 0 Å². The second-order valence-electron chi connectivity index (χ2n) is 4.49. The van der Waals surface area contributed by atoms with E-state index in [1.54, 1.807) is 0 Å². The molecule has 2 nitrogen and oxygen atoms in total. The highest BCUT2D eigenvalue weighted by molar-refractivity contribution is 5.32. The number of nitriles is 1. The zero-order valence-electron chi connectivity index (χ0n) is 9.21. The third-order valence-electron chi connectivity index (χ3n) is 3.03. The number of hydrogen-bond donors (Lipinski definition) is 0. The Bertz CT molecular complexity index is 413. The lowest BCUT2D eigenvalue weighted by atomic mass is 9.80. The Morgan fingerprint density at radius 1 is 1.40 bits per heavy atom. The van der Waals surface area contributed by atoms with Crippen molar-refractivity contribution < 1.29 is 4.74 Å². The van der Waals surface area contributed by atoms with Crippen molar-refractivity contribution in [3.05, 3.63) is 34.9 Å². The lowest BCUT2D eigenvalue weighted by Crippen LogP contribution is -2.43. The molecule has 2 rings (SSSR count). The second-order valence-corrected chi connectivity index (χ2v) is 4.49. The molecule has 0 saturated carbocycles. The quantitative estimate of drug-likeness (QED) is 0.736. The lowest BCUT2D eigenvalue weighted by molar-refractivity contribution is -0.0765. The molecule has 0 aromatic heterocycles. The van der Waals surface area contributed by atoms with E-state index in [1.165, 1.54) is 16.7 Å². The monoisotopic (exact) mass is 201 g/mol. The fraction of sp³-hybridized carbons (Fsp3) is 0.462. The van der Waals surface area contributed by atoms with Crippen molar-refractivity contribution in [3.8, 4) is 6.07 Å². The van der Waals surface area contributed by atoms with Gasteiger partial charge in [-0.2, -0.15) is 5.26 Å². The summed E-state index contributed by atoms with van der Waals surface area (Å²) >= 11 is 0. The minimum atomic E-state index is -0.265. The van der Waals surface area contributed by atoms with Crippen LogP contribution in [0.4, 0.5) is 0 Å². The van der Waals surface area contributed by atoms with E-state index < -0.39 is 0 Å². The lowest BCUT2D eigenvalue weighted by Gasteiger charge is -2.35. The summed E-state index contributed by atoms with van der Waals surface area (Å²) in [5.41, 5.74) is 3.53. The molecule has 1 fully saturated rings. The van der Waals surface area contributed by atoms with E-state index in [0.717, 1.165) is 6.42 Å². The third-order valence-corrected chi connectivity index (χ3v) is 3.03. The molecule has 1 aliphatic heterocycles. The molecule has 15 heavy (non-hydrogen) atoms. The van der Waals surface area contributed by atoms with Gasteiger partial charge in [0.1, 0.15) is 5.41 Å². The van der Waals surface area contributed by atoms with Crippen LogP contribution in [0.2, 0.25) is 0 Å². The first-order chi connectivity index (χ1) is 7.15. The number of hydrogen-bond acceptors (Lipinski definition) is 2. The van der Waals surface area contributed by atoms with Gasteiger partial charge in [-0.3, -0.25) is 0 Å². The standard InChI is InChI=1S/C13H15NO/c1-10-3-4-11(2)12(5-10)6-13(7-14)8-15-9-13/h3-5H,6,8-9H2,1-2H3. The highest BCUT2D eigenvalue weighted by Gasteiger charge is 2.39. The Kier molecular flexibility index (Phi) is 2.50. The minimum Gasteiger partial charge on any atom is -0.378 e. The average molecular weight is 201 g/mol. The summed E-state index contributed by atoms with van der Waals surface area (Å²) in [6, 6.07) is 8.79. The van der Waals surface area contributed by atoms with Gasteiger partial charge in [0.25, 0.3) is 0 Å². The van der Waals surface area contributed by atoms with Gasteiger partial charge in [-0.1, -0.05) is 23.8 Å². The SMILES string of the molecule is Cc1ccc(C)c(CC2(C#N)COC2)c1. The maximum atomic E-state index is 9.13. The maximum Gasteiger partial charge on any atom is 0.108 e. The average Bonchev–Trinajstić information content (AvgIpc) is 2.17. The Hall–Kier alpha value is -1.33. The number of ether oxygens (including phenoxy) is 1. The molecule has 0 aliphatic carbocycles. The molecule has 0 N–H and O–H groups in total. The van der Waals surface area contributed by atoms with Crippen molar-refractivity contribution >= 4 is 0 Å². The summed E-state index contributed by atoms with van der Waals surface area (Å²) in [5, 5.41) is 9.13. The Labute approximate surface area is 90.5 Å². The number of rotatable bonds is 2. The van der Waals surface area contributed by atoms with Gasteiger partial charge in [-0.15, -0.1) is 0 Å². The highest BCUT2D eigenvalue weighted by Crippen LogP contribution is 2.32.